The van der Waals surface area contributed by atoms with Gasteiger partial charge in [0.05, 0.1) is 11.0 Å². The Morgan fingerprint density at radius 3 is 2.16 bits per heavy atom. The number of carbonyl (C=O) groups is 2. The zero-order valence-electron chi connectivity index (χ0n) is 17.5. The van der Waals surface area contributed by atoms with Crippen LogP contribution in [0.5, 0.6) is 0 Å². The van der Waals surface area contributed by atoms with Crippen LogP contribution in [0, 0.1) is 10.1 Å². The van der Waals surface area contributed by atoms with E-state index in [4.69, 9.17) is 4.74 Å². The normalized spacial score (nSPS) is 13.2. The fourth-order valence-electron chi connectivity index (χ4n) is 3.70. The Balaban J connectivity index is 1.95. The van der Waals surface area contributed by atoms with Crippen molar-refractivity contribution in [2.75, 3.05) is 0 Å². The Kier molecular flexibility index (Phi) is 5.55. The topological polar surface area (TPSA) is 98.5 Å². The fourth-order valence-corrected chi connectivity index (χ4v) is 3.70. The number of amides is 1. The highest BCUT2D eigenvalue weighted by atomic mass is 16.6. The maximum absolute atomic E-state index is 13.1. The minimum absolute atomic E-state index is 0.0562. The van der Waals surface area contributed by atoms with Crippen LogP contribution in [0.25, 0.3) is 16.7 Å². The number of ether oxygens (including phenoxy) is 1. The molecule has 0 saturated carbocycles. The number of nitro benzene ring substituents is 1. The number of nitro groups is 1. The first kappa shape index (κ1) is 21.0. The summed E-state index contributed by atoms with van der Waals surface area (Å²) in [7, 11) is 0. The van der Waals surface area contributed by atoms with E-state index in [1.807, 2.05) is 24.3 Å². The summed E-state index contributed by atoms with van der Waals surface area (Å²) in [4.78, 5) is 37.0. The molecule has 0 spiro atoms. The predicted octanol–water partition coefficient (Wildman–Crippen LogP) is 4.72. The van der Waals surface area contributed by atoms with E-state index < -0.39 is 22.9 Å². The van der Waals surface area contributed by atoms with Gasteiger partial charge in [-0.1, -0.05) is 42.5 Å². The second kappa shape index (κ2) is 8.47. The lowest BCUT2D eigenvalue weighted by molar-refractivity contribution is -0.384. The average Bonchev–Trinajstić information content (AvgIpc) is 3.11. The molecule has 7 nitrogen and oxygen atoms in total. The van der Waals surface area contributed by atoms with Crippen molar-refractivity contribution >= 4 is 23.1 Å². The number of rotatable bonds is 5. The lowest BCUT2D eigenvalue weighted by atomic mass is 10.0. The highest BCUT2D eigenvalue weighted by molar-refractivity contribution is 6.13. The van der Waals surface area contributed by atoms with Crippen molar-refractivity contribution in [3.63, 3.8) is 0 Å². The number of esters is 1. The highest BCUT2D eigenvalue weighted by Gasteiger charge is 2.32. The van der Waals surface area contributed by atoms with Crippen molar-refractivity contribution in [1.82, 2.24) is 5.32 Å². The van der Waals surface area contributed by atoms with Crippen LogP contribution in [0.2, 0.25) is 0 Å². The summed E-state index contributed by atoms with van der Waals surface area (Å²) in [6.45, 7) is 3.42. The molecule has 0 aromatic heterocycles. The molecule has 0 saturated heterocycles. The van der Waals surface area contributed by atoms with Crippen molar-refractivity contribution < 1.29 is 19.2 Å². The molecular weight excluding hydrogens is 408 g/mol. The number of nitrogens with one attached hydrogen (secondary N) is 1. The van der Waals surface area contributed by atoms with E-state index in [0.717, 1.165) is 11.1 Å². The fraction of sp³-hybridized carbons (Fsp3) is 0.120. The van der Waals surface area contributed by atoms with Crippen molar-refractivity contribution in [2.45, 2.75) is 20.0 Å². The molecule has 3 aromatic carbocycles. The van der Waals surface area contributed by atoms with E-state index >= 15 is 0 Å². The number of hydrogen-bond acceptors (Lipinski definition) is 5. The first-order chi connectivity index (χ1) is 15.4. The summed E-state index contributed by atoms with van der Waals surface area (Å²) in [5.74, 6) is -1.20. The van der Waals surface area contributed by atoms with Gasteiger partial charge < -0.3 is 10.1 Å². The monoisotopic (exact) mass is 428 g/mol. The van der Waals surface area contributed by atoms with E-state index in [9.17, 15) is 19.7 Å². The predicted molar refractivity (Wildman–Crippen MR) is 120 cm³/mol. The van der Waals surface area contributed by atoms with Crippen molar-refractivity contribution in [3.8, 4) is 11.1 Å². The van der Waals surface area contributed by atoms with Gasteiger partial charge in [-0.2, -0.15) is 0 Å². The lowest BCUT2D eigenvalue weighted by Gasteiger charge is -2.16. The molecule has 0 unspecified atom stereocenters. The van der Waals surface area contributed by atoms with Gasteiger partial charge in [0.15, 0.2) is 0 Å². The van der Waals surface area contributed by atoms with Gasteiger partial charge in [-0.25, -0.2) is 4.79 Å². The molecule has 0 radical (unpaired) electrons. The van der Waals surface area contributed by atoms with Crippen molar-refractivity contribution in [3.05, 3.63) is 105 Å². The molecule has 0 fully saturated rings. The zero-order chi connectivity index (χ0) is 22.8. The third-order valence-electron chi connectivity index (χ3n) is 5.04. The van der Waals surface area contributed by atoms with E-state index in [1.165, 1.54) is 12.1 Å². The molecule has 32 heavy (non-hydrogen) atoms. The minimum Gasteiger partial charge on any atom is -0.458 e. The zero-order valence-corrected chi connectivity index (χ0v) is 17.5. The third-order valence-corrected chi connectivity index (χ3v) is 5.04. The van der Waals surface area contributed by atoms with Gasteiger partial charge in [0.2, 0.25) is 0 Å². The summed E-state index contributed by atoms with van der Waals surface area (Å²) in [6.07, 6.45) is -0.423. The number of non-ortho nitro benzene ring substituents is 1. The smallest absolute Gasteiger partial charge is 0.355 e. The number of hydrogen-bond donors (Lipinski definition) is 1. The summed E-state index contributed by atoms with van der Waals surface area (Å²) in [6, 6.07) is 20.3. The molecule has 1 aliphatic rings. The first-order valence-electron chi connectivity index (χ1n) is 10.1. The van der Waals surface area contributed by atoms with Gasteiger partial charge in [-0.05, 0) is 54.3 Å². The standard InChI is InChI=1S/C25H20N2O5/c1-15(2)32-25(29)23(26-24(28)16-8-4-3-5-9-16)22-20-11-7-6-10-18(20)19-13-12-17(27(30)31)14-21(19)22/h3-15H,1-2H3,(H,26,28). The first-order valence-corrected chi connectivity index (χ1v) is 10.1. The molecule has 160 valence electrons. The average molecular weight is 428 g/mol. The lowest BCUT2D eigenvalue weighted by Crippen LogP contribution is -2.31. The van der Waals surface area contributed by atoms with Crippen LogP contribution in [-0.2, 0) is 9.53 Å². The molecule has 1 amide bonds. The van der Waals surface area contributed by atoms with E-state index in [1.54, 1.807) is 50.2 Å². The molecule has 0 atom stereocenters. The van der Waals surface area contributed by atoms with Gasteiger partial charge in [-0.15, -0.1) is 0 Å². The summed E-state index contributed by atoms with van der Waals surface area (Å²) < 4.78 is 5.42. The molecular formula is C25H20N2O5. The number of fused-ring (bicyclic) bond motifs is 3. The molecule has 1 aliphatic carbocycles. The van der Waals surface area contributed by atoms with Crippen LogP contribution in [0.3, 0.4) is 0 Å². The summed E-state index contributed by atoms with van der Waals surface area (Å²) >= 11 is 0. The van der Waals surface area contributed by atoms with Gasteiger partial charge >= 0.3 is 5.97 Å². The Hall–Kier alpha value is -4.26. The van der Waals surface area contributed by atoms with Crippen LogP contribution in [-0.4, -0.2) is 22.9 Å². The number of nitrogens with zero attached hydrogens (tertiary/aromatic N) is 1. The van der Waals surface area contributed by atoms with Crippen LogP contribution in [0.1, 0.15) is 35.3 Å². The molecule has 0 aliphatic heterocycles. The van der Waals surface area contributed by atoms with Crippen molar-refractivity contribution in [2.24, 2.45) is 0 Å². The second-order valence-electron chi connectivity index (χ2n) is 7.56. The van der Waals surface area contributed by atoms with Gasteiger partial charge in [-0.3, -0.25) is 14.9 Å². The highest BCUT2D eigenvalue weighted by Crippen LogP contribution is 2.46. The van der Waals surface area contributed by atoms with Gasteiger partial charge in [0.25, 0.3) is 11.6 Å². The van der Waals surface area contributed by atoms with Crippen LogP contribution >= 0.6 is 0 Å². The maximum atomic E-state index is 13.1. The van der Waals surface area contributed by atoms with Gasteiger partial charge in [0, 0.05) is 23.3 Å². The number of carbonyl (C=O) groups excluding carboxylic acids is 2. The molecule has 1 N–H and O–H groups in total. The molecule has 3 aromatic rings. The Bertz CT molecular complexity index is 1260. The van der Waals surface area contributed by atoms with Crippen LogP contribution in [0.4, 0.5) is 5.69 Å². The maximum Gasteiger partial charge on any atom is 0.355 e. The van der Waals surface area contributed by atoms with Crippen molar-refractivity contribution in [1.29, 1.82) is 0 Å². The Morgan fingerprint density at radius 2 is 1.50 bits per heavy atom. The largest absolute Gasteiger partial charge is 0.458 e. The summed E-state index contributed by atoms with van der Waals surface area (Å²) in [5, 5.41) is 14.1. The molecule has 0 heterocycles. The molecule has 7 heteroatoms. The second-order valence-corrected chi connectivity index (χ2v) is 7.56. The van der Waals surface area contributed by atoms with E-state index in [-0.39, 0.29) is 11.4 Å². The van der Waals surface area contributed by atoms with Gasteiger partial charge in [0.1, 0.15) is 5.70 Å². The van der Waals surface area contributed by atoms with E-state index in [2.05, 4.69) is 5.32 Å². The SMILES string of the molecule is CC(C)OC(=O)C(NC(=O)c1ccccc1)=C1c2ccccc2-c2ccc([N+](=O)[O-])cc21. The quantitative estimate of drug-likeness (QED) is 0.215. The minimum atomic E-state index is -0.714. The molecule has 0 bridgehead atoms. The van der Waals surface area contributed by atoms with Crippen LogP contribution in [0.15, 0.2) is 78.5 Å². The Labute approximate surface area is 184 Å². The summed E-state index contributed by atoms with van der Waals surface area (Å²) in [5.41, 5.74) is 3.33. The molecule has 4 rings (SSSR count). The van der Waals surface area contributed by atoms with Crippen LogP contribution < -0.4 is 5.32 Å². The van der Waals surface area contributed by atoms with E-state index in [0.29, 0.717) is 22.3 Å². The third kappa shape index (κ3) is 3.88. The Morgan fingerprint density at radius 1 is 0.875 bits per heavy atom. The number of benzene rings is 3.